The third-order valence-electron chi connectivity index (χ3n) is 4.94. The number of alkyl carbamates (subject to hydrolysis) is 1. The lowest BCUT2D eigenvalue weighted by Crippen LogP contribution is -2.44. The van der Waals surface area contributed by atoms with E-state index in [-0.39, 0.29) is 0 Å². The molecule has 0 saturated heterocycles. The highest BCUT2D eigenvalue weighted by atomic mass is 16.6. The number of ether oxygens (including phenoxy) is 2. The number of nitrogens with zero attached hydrogens (tertiary/aromatic N) is 1. The Morgan fingerprint density at radius 2 is 1.79 bits per heavy atom. The molecule has 2 aromatic carbocycles. The van der Waals surface area contributed by atoms with Gasteiger partial charge in [-0.3, -0.25) is 4.79 Å². The Labute approximate surface area is 197 Å². The van der Waals surface area contributed by atoms with Crippen molar-refractivity contribution in [2.24, 2.45) is 0 Å². The van der Waals surface area contributed by atoms with Crippen molar-refractivity contribution in [2.75, 3.05) is 24.4 Å². The fourth-order valence-electron chi connectivity index (χ4n) is 3.30. The Morgan fingerprint density at radius 1 is 1.09 bits per heavy atom. The summed E-state index contributed by atoms with van der Waals surface area (Å²) in [6.07, 6.45) is -0.689. The number of nitrogens with one attached hydrogen (secondary N) is 2. The van der Waals surface area contributed by atoms with Crippen molar-refractivity contribution in [3.05, 3.63) is 59.0 Å². The van der Waals surface area contributed by atoms with Crippen LogP contribution >= 0.6 is 0 Å². The lowest BCUT2D eigenvalue weighted by Gasteiger charge is -2.23. The van der Waals surface area contributed by atoms with E-state index < -0.39 is 29.3 Å². The number of carbonyl (C=O) groups excluding carboxylic acids is 2. The first kappa shape index (κ1) is 24.6. The van der Waals surface area contributed by atoms with Crippen molar-refractivity contribution in [1.82, 2.24) is 5.32 Å². The van der Waals surface area contributed by atoms with Crippen LogP contribution in [0.1, 0.15) is 27.7 Å². The van der Waals surface area contributed by atoms with Gasteiger partial charge in [-0.2, -0.15) is 0 Å². The van der Waals surface area contributed by atoms with Crippen LogP contribution in [-0.4, -0.2) is 37.8 Å². The second kappa shape index (κ2) is 9.86. The quantitative estimate of drug-likeness (QED) is 0.516. The molecule has 0 spiro atoms. The van der Waals surface area contributed by atoms with Crippen LogP contribution in [0.2, 0.25) is 0 Å². The zero-order valence-electron chi connectivity index (χ0n) is 20.1. The molecule has 0 aliphatic rings. The molecule has 0 saturated carbocycles. The molecule has 0 unspecified atom stereocenters. The fraction of sp³-hybridized carbons (Fsp3) is 0.320. The van der Waals surface area contributed by atoms with Crippen molar-refractivity contribution >= 4 is 40.0 Å². The van der Waals surface area contributed by atoms with Crippen LogP contribution in [0.15, 0.2) is 57.7 Å². The molecule has 0 radical (unpaired) electrons. The second-order valence-electron chi connectivity index (χ2n) is 8.75. The van der Waals surface area contributed by atoms with Crippen molar-refractivity contribution in [3.63, 3.8) is 0 Å². The zero-order chi connectivity index (χ0) is 25.0. The molecule has 9 nitrogen and oxygen atoms in total. The van der Waals surface area contributed by atoms with E-state index in [4.69, 9.17) is 13.9 Å². The Bertz CT molecular complexity index is 1260. The maximum absolute atomic E-state index is 12.7. The molecule has 0 fully saturated rings. The van der Waals surface area contributed by atoms with Crippen LogP contribution in [-0.2, 0) is 9.53 Å². The minimum Gasteiger partial charge on any atom is -0.495 e. The number of hydrogen-bond donors (Lipinski definition) is 2. The van der Waals surface area contributed by atoms with Gasteiger partial charge in [-0.05, 0) is 58.0 Å². The lowest BCUT2D eigenvalue weighted by molar-refractivity contribution is -0.117. The van der Waals surface area contributed by atoms with Gasteiger partial charge >= 0.3 is 11.7 Å². The summed E-state index contributed by atoms with van der Waals surface area (Å²) in [7, 11) is 3.30. The summed E-state index contributed by atoms with van der Waals surface area (Å²) in [6, 6.07) is 13.0. The number of hydrogen-bond acceptors (Lipinski definition) is 7. The Kier molecular flexibility index (Phi) is 7.14. The molecule has 1 atom stereocenters. The molecule has 180 valence electrons. The van der Waals surface area contributed by atoms with Gasteiger partial charge in [-0.15, -0.1) is 0 Å². The van der Waals surface area contributed by atoms with Crippen LogP contribution < -0.4 is 25.9 Å². The minimum absolute atomic E-state index is 0.405. The van der Waals surface area contributed by atoms with E-state index in [2.05, 4.69) is 10.6 Å². The van der Waals surface area contributed by atoms with Gasteiger partial charge in [0.1, 0.15) is 23.0 Å². The topological polar surface area (TPSA) is 110 Å². The molecule has 2 N–H and O–H groups in total. The number of amides is 2. The second-order valence-corrected chi connectivity index (χ2v) is 8.75. The van der Waals surface area contributed by atoms with Gasteiger partial charge in [0.25, 0.3) is 0 Å². The molecule has 3 aromatic rings. The van der Waals surface area contributed by atoms with Gasteiger partial charge in [-0.1, -0.05) is 12.1 Å². The van der Waals surface area contributed by atoms with Crippen molar-refractivity contribution < 1.29 is 23.5 Å². The number of anilines is 3. The highest BCUT2D eigenvalue weighted by molar-refractivity contribution is 5.98. The summed E-state index contributed by atoms with van der Waals surface area (Å²) in [4.78, 5) is 38.7. The monoisotopic (exact) mass is 467 g/mol. The Hall–Kier alpha value is -4.01. The summed E-state index contributed by atoms with van der Waals surface area (Å²) >= 11 is 0. The van der Waals surface area contributed by atoms with Gasteiger partial charge in [0.15, 0.2) is 0 Å². The summed E-state index contributed by atoms with van der Waals surface area (Å²) < 4.78 is 15.9. The molecule has 1 aromatic heterocycles. The molecular weight excluding hydrogens is 438 g/mol. The van der Waals surface area contributed by atoms with E-state index in [1.165, 1.54) is 13.2 Å². The Morgan fingerprint density at radius 3 is 2.47 bits per heavy atom. The van der Waals surface area contributed by atoms with Crippen molar-refractivity contribution in [3.8, 4) is 5.75 Å². The number of fused-ring (bicyclic) bond motifs is 1. The highest BCUT2D eigenvalue weighted by Gasteiger charge is 2.22. The van der Waals surface area contributed by atoms with E-state index in [1.807, 2.05) is 17.0 Å². The largest absolute Gasteiger partial charge is 0.495 e. The molecular formula is C25H29N3O6. The van der Waals surface area contributed by atoms with Crippen LogP contribution in [0.3, 0.4) is 0 Å². The highest BCUT2D eigenvalue weighted by Crippen LogP contribution is 2.34. The summed E-state index contributed by atoms with van der Waals surface area (Å²) in [5, 5.41) is 6.06. The molecule has 1 heterocycles. The fourth-order valence-corrected chi connectivity index (χ4v) is 3.30. The number of carbonyl (C=O) groups is 2. The van der Waals surface area contributed by atoms with Crippen molar-refractivity contribution in [1.29, 1.82) is 0 Å². The van der Waals surface area contributed by atoms with E-state index in [0.29, 0.717) is 28.4 Å². The van der Waals surface area contributed by atoms with E-state index in [1.54, 1.807) is 65.1 Å². The maximum Gasteiger partial charge on any atom is 0.408 e. The van der Waals surface area contributed by atoms with Crippen LogP contribution in [0.4, 0.5) is 21.9 Å². The molecule has 0 bridgehead atoms. The molecule has 3 rings (SSSR count). The standard InChI is InChI=1S/C25H29N3O6/c1-15(26-24(31)34-25(2,3)4)23(30)27-18-13-16(11-12-21(18)32-6)28(5)19-14-22(29)33-20-10-8-7-9-17(19)20/h7-15H,1-6H3,(H,26,31)(H,27,30)/t15-/m0/s1. The SMILES string of the molecule is COc1ccc(N(C)c2cc(=O)oc3ccccc23)cc1NC(=O)[C@H](C)NC(=O)OC(C)(C)C. The van der Waals surface area contributed by atoms with Gasteiger partial charge in [0.2, 0.25) is 5.91 Å². The van der Waals surface area contributed by atoms with Crippen molar-refractivity contribution in [2.45, 2.75) is 39.3 Å². The number of rotatable bonds is 6. The summed E-state index contributed by atoms with van der Waals surface area (Å²) in [5.74, 6) is -0.0119. The normalized spacial score (nSPS) is 12.1. The molecule has 34 heavy (non-hydrogen) atoms. The van der Waals surface area contributed by atoms with Crippen LogP contribution in [0.5, 0.6) is 5.75 Å². The maximum atomic E-state index is 12.7. The minimum atomic E-state index is -0.858. The zero-order valence-corrected chi connectivity index (χ0v) is 20.1. The lowest BCUT2D eigenvalue weighted by atomic mass is 10.1. The number of benzene rings is 2. The van der Waals surface area contributed by atoms with Crippen LogP contribution in [0, 0.1) is 0 Å². The number of para-hydroxylation sites is 1. The average molecular weight is 468 g/mol. The summed E-state index contributed by atoms with van der Waals surface area (Å²) in [6.45, 7) is 6.77. The van der Waals surface area contributed by atoms with Gasteiger partial charge in [0.05, 0.1) is 18.5 Å². The Balaban J connectivity index is 1.86. The summed E-state index contributed by atoms with van der Waals surface area (Å²) in [5.41, 5.74) is 1.07. The first-order valence-electron chi connectivity index (χ1n) is 10.7. The van der Waals surface area contributed by atoms with E-state index >= 15 is 0 Å². The molecule has 2 amide bonds. The van der Waals surface area contributed by atoms with E-state index in [9.17, 15) is 14.4 Å². The van der Waals surface area contributed by atoms with Gasteiger partial charge in [0, 0.05) is 24.2 Å². The number of methoxy groups -OCH3 is 1. The smallest absolute Gasteiger partial charge is 0.408 e. The first-order valence-corrected chi connectivity index (χ1v) is 10.7. The third kappa shape index (κ3) is 5.86. The predicted molar refractivity (Wildman–Crippen MR) is 131 cm³/mol. The molecule has 0 aliphatic heterocycles. The predicted octanol–water partition coefficient (Wildman–Crippen LogP) is 4.42. The average Bonchev–Trinajstić information content (AvgIpc) is 2.76. The first-order chi connectivity index (χ1) is 16.0. The molecule has 9 heteroatoms. The third-order valence-corrected chi connectivity index (χ3v) is 4.94. The van der Waals surface area contributed by atoms with Gasteiger partial charge in [-0.25, -0.2) is 9.59 Å². The van der Waals surface area contributed by atoms with E-state index in [0.717, 1.165) is 5.39 Å². The molecule has 0 aliphatic carbocycles. The van der Waals surface area contributed by atoms with Gasteiger partial charge < -0.3 is 29.4 Å². The van der Waals surface area contributed by atoms with Crippen LogP contribution in [0.25, 0.3) is 11.0 Å².